The highest BCUT2D eigenvalue weighted by molar-refractivity contribution is 6.12. The van der Waals surface area contributed by atoms with Crippen molar-refractivity contribution in [3.05, 3.63) is 71.4 Å². The number of para-hydroxylation sites is 1. The Kier molecular flexibility index (Phi) is 3.98. The number of hydrogen-bond donors (Lipinski definition) is 1. The molecule has 0 fully saturated rings. The van der Waals surface area contributed by atoms with E-state index in [4.69, 9.17) is 0 Å². The van der Waals surface area contributed by atoms with E-state index in [1.165, 1.54) is 0 Å². The van der Waals surface area contributed by atoms with Crippen molar-refractivity contribution >= 4 is 22.6 Å². The Labute approximate surface area is 134 Å². The van der Waals surface area contributed by atoms with E-state index in [0.717, 1.165) is 16.5 Å². The molecule has 1 N–H and O–H groups in total. The Morgan fingerprint density at radius 2 is 1.61 bits per heavy atom. The van der Waals surface area contributed by atoms with Gasteiger partial charge in [0.1, 0.15) is 0 Å². The molecule has 0 saturated carbocycles. The highest BCUT2D eigenvalue weighted by Gasteiger charge is 2.21. The summed E-state index contributed by atoms with van der Waals surface area (Å²) in [5.74, 6) is -0.125. The number of likely N-dealkylation sites (N-methyl/N-ethyl adjacent to an activating group) is 1. The van der Waals surface area contributed by atoms with Crippen LogP contribution < -0.4 is 0 Å². The predicted molar refractivity (Wildman–Crippen MR) is 90.6 cm³/mol. The van der Waals surface area contributed by atoms with Crippen LogP contribution >= 0.6 is 0 Å². The summed E-state index contributed by atoms with van der Waals surface area (Å²) in [4.78, 5) is 29.7. The molecule has 4 nitrogen and oxygen atoms in total. The summed E-state index contributed by atoms with van der Waals surface area (Å²) in [5, 5.41) is 0.919. The van der Waals surface area contributed by atoms with Crippen LogP contribution in [0.15, 0.2) is 54.6 Å². The Balaban J connectivity index is 2.12. The third-order valence-electron chi connectivity index (χ3n) is 3.90. The van der Waals surface area contributed by atoms with Gasteiger partial charge in [-0.05, 0) is 11.6 Å². The summed E-state index contributed by atoms with van der Waals surface area (Å²) >= 11 is 0. The fourth-order valence-corrected chi connectivity index (χ4v) is 2.62. The van der Waals surface area contributed by atoms with E-state index in [0.29, 0.717) is 11.3 Å². The van der Waals surface area contributed by atoms with Gasteiger partial charge < -0.3 is 9.88 Å². The van der Waals surface area contributed by atoms with Crippen molar-refractivity contribution in [3.63, 3.8) is 0 Å². The third-order valence-corrected chi connectivity index (χ3v) is 3.90. The van der Waals surface area contributed by atoms with E-state index >= 15 is 0 Å². The molecule has 1 heterocycles. The molecule has 3 aromatic rings. The van der Waals surface area contributed by atoms with Crippen molar-refractivity contribution in [1.29, 1.82) is 0 Å². The number of aromatic nitrogens is 1. The molecular formula is C19H18N2O2. The second-order valence-corrected chi connectivity index (χ2v) is 5.68. The van der Waals surface area contributed by atoms with Crippen LogP contribution in [-0.2, 0) is 11.2 Å². The SMILES string of the molecule is CN(C)C(=O)Cc1c(C(=O)c2ccccc2)[nH]c2ccccc12. The maximum atomic E-state index is 12.8. The van der Waals surface area contributed by atoms with Crippen molar-refractivity contribution in [1.82, 2.24) is 9.88 Å². The van der Waals surface area contributed by atoms with Crippen LogP contribution in [0.3, 0.4) is 0 Å². The summed E-state index contributed by atoms with van der Waals surface area (Å²) < 4.78 is 0. The van der Waals surface area contributed by atoms with Crippen molar-refractivity contribution in [2.24, 2.45) is 0 Å². The minimum atomic E-state index is -0.0941. The number of nitrogens with one attached hydrogen (secondary N) is 1. The van der Waals surface area contributed by atoms with E-state index in [1.54, 1.807) is 31.1 Å². The average molecular weight is 306 g/mol. The van der Waals surface area contributed by atoms with E-state index in [2.05, 4.69) is 4.98 Å². The molecule has 0 aliphatic heterocycles. The number of carbonyl (C=O) groups is 2. The molecule has 0 aliphatic rings. The van der Waals surface area contributed by atoms with Crippen LogP contribution in [0.1, 0.15) is 21.6 Å². The van der Waals surface area contributed by atoms with Crippen molar-refractivity contribution < 1.29 is 9.59 Å². The summed E-state index contributed by atoms with van der Waals surface area (Å²) in [7, 11) is 3.44. The van der Waals surface area contributed by atoms with Crippen LogP contribution in [0.2, 0.25) is 0 Å². The topological polar surface area (TPSA) is 53.2 Å². The van der Waals surface area contributed by atoms with Gasteiger partial charge in [-0.25, -0.2) is 0 Å². The number of amides is 1. The van der Waals surface area contributed by atoms with Crippen LogP contribution in [0.25, 0.3) is 10.9 Å². The number of nitrogens with zero attached hydrogens (tertiary/aromatic N) is 1. The highest BCUT2D eigenvalue weighted by Crippen LogP contribution is 2.25. The number of ketones is 1. The molecule has 0 radical (unpaired) electrons. The number of rotatable bonds is 4. The number of aromatic amines is 1. The fourth-order valence-electron chi connectivity index (χ4n) is 2.62. The maximum Gasteiger partial charge on any atom is 0.226 e. The molecule has 1 aromatic heterocycles. The lowest BCUT2D eigenvalue weighted by molar-refractivity contribution is -0.127. The van der Waals surface area contributed by atoms with Gasteiger partial charge in [0.15, 0.2) is 0 Å². The van der Waals surface area contributed by atoms with E-state index in [-0.39, 0.29) is 18.1 Å². The van der Waals surface area contributed by atoms with Crippen molar-refractivity contribution in [2.75, 3.05) is 14.1 Å². The maximum absolute atomic E-state index is 12.8. The number of fused-ring (bicyclic) bond motifs is 1. The monoisotopic (exact) mass is 306 g/mol. The highest BCUT2D eigenvalue weighted by atomic mass is 16.2. The molecule has 0 unspecified atom stereocenters. The lowest BCUT2D eigenvalue weighted by Gasteiger charge is -2.10. The zero-order valence-corrected chi connectivity index (χ0v) is 13.2. The fraction of sp³-hybridized carbons (Fsp3) is 0.158. The molecule has 0 saturated heterocycles. The molecule has 23 heavy (non-hydrogen) atoms. The van der Waals surface area contributed by atoms with Gasteiger partial charge in [0.25, 0.3) is 0 Å². The molecule has 116 valence electrons. The summed E-state index contributed by atoms with van der Waals surface area (Å²) in [5.41, 5.74) is 2.73. The number of H-pyrrole nitrogens is 1. The standard InChI is InChI=1S/C19H18N2O2/c1-21(2)17(22)12-15-14-10-6-7-11-16(14)20-18(15)19(23)13-8-4-3-5-9-13/h3-11,20H,12H2,1-2H3. The minimum absolute atomic E-state index is 0.0307. The molecule has 0 bridgehead atoms. The van der Waals surface area contributed by atoms with Gasteiger partial charge in [-0.1, -0.05) is 48.5 Å². The number of hydrogen-bond acceptors (Lipinski definition) is 2. The van der Waals surface area contributed by atoms with Gasteiger partial charge in [0.2, 0.25) is 11.7 Å². The Hall–Kier alpha value is -2.88. The smallest absolute Gasteiger partial charge is 0.226 e. The first-order valence-corrected chi connectivity index (χ1v) is 7.47. The summed E-state index contributed by atoms with van der Waals surface area (Å²) in [6.07, 6.45) is 0.199. The second kappa shape index (κ2) is 6.08. The lowest BCUT2D eigenvalue weighted by Crippen LogP contribution is -2.24. The second-order valence-electron chi connectivity index (χ2n) is 5.68. The van der Waals surface area contributed by atoms with Crippen LogP contribution in [-0.4, -0.2) is 35.7 Å². The normalized spacial score (nSPS) is 10.7. The summed E-state index contributed by atoms with van der Waals surface area (Å²) in [6, 6.07) is 16.8. The first-order chi connectivity index (χ1) is 11.1. The zero-order valence-electron chi connectivity index (χ0n) is 13.2. The summed E-state index contributed by atoms with van der Waals surface area (Å²) in [6.45, 7) is 0. The van der Waals surface area contributed by atoms with Gasteiger partial charge in [-0.15, -0.1) is 0 Å². The van der Waals surface area contributed by atoms with Gasteiger partial charge in [-0.2, -0.15) is 0 Å². The van der Waals surface area contributed by atoms with Gasteiger partial charge in [-0.3, -0.25) is 9.59 Å². The van der Waals surface area contributed by atoms with Crippen molar-refractivity contribution in [2.45, 2.75) is 6.42 Å². The Morgan fingerprint density at radius 1 is 0.957 bits per heavy atom. The molecule has 0 spiro atoms. The molecular weight excluding hydrogens is 288 g/mol. The molecule has 1 amide bonds. The third kappa shape index (κ3) is 2.88. The Morgan fingerprint density at radius 3 is 2.30 bits per heavy atom. The van der Waals surface area contributed by atoms with E-state index in [1.807, 2.05) is 42.5 Å². The predicted octanol–water partition coefficient (Wildman–Crippen LogP) is 3.03. The average Bonchev–Trinajstić information content (AvgIpc) is 2.93. The number of carbonyl (C=O) groups excluding carboxylic acids is 2. The zero-order chi connectivity index (χ0) is 16.4. The quantitative estimate of drug-likeness (QED) is 0.753. The van der Waals surface area contributed by atoms with Crippen LogP contribution in [0.4, 0.5) is 0 Å². The number of benzene rings is 2. The lowest BCUT2D eigenvalue weighted by atomic mass is 10.0. The van der Waals surface area contributed by atoms with Gasteiger partial charge >= 0.3 is 0 Å². The van der Waals surface area contributed by atoms with E-state index in [9.17, 15) is 9.59 Å². The van der Waals surface area contributed by atoms with Gasteiger partial charge in [0.05, 0.1) is 12.1 Å². The molecule has 4 heteroatoms. The first kappa shape index (κ1) is 15.0. The van der Waals surface area contributed by atoms with Crippen LogP contribution in [0, 0.1) is 0 Å². The first-order valence-electron chi connectivity index (χ1n) is 7.47. The van der Waals surface area contributed by atoms with Gasteiger partial charge in [0, 0.05) is 30.6 Å². The molecule has 3 rings (SSSR count). The molecule has 0 atom stereocenters. The minimum Gasteiger partial charge on any atom is -0.352 e. The van der Waals surface area contributed by atoms with Crippen LogP contribution in [0.5, 0.6) is 0 Å². The van der Waals surface area contributed by atoms with Crippen molar-refractivity contribution in [3.8, 4) is 0 Å². The largest absolute Gasteiger partial charge is 0.352 e. The Bertz CT molecular complexity index is 863. The molecule has 2 aromatic carbocycles. The molecule has 0 aliphatic carbocycles. The van der Waals surface area contributed by atoms with E-state index < -0.39 is 0 Å².